The molecule has 0 aromatic heterocycles. The van der Waals surface area contributed by atoms with Crippen LogP contribution in [0.15, 0.2) is 24.0 Å². The van der Waals surface area contributed by atoms with Crippen LogP contribution < -0.4 is 0 Å². The Morgan fingerprint density at radius 1 is 1.35 bits per heavy atom. The van der Waals surface area contributed by atoms with Crippen molar-refractivity contribution in [2.45, 2.75) is 58.4 Å². The Kier molecular flexibility index (Phi) is 4.41. The number of allylic oxidation sites excluding steroid dienone is 2. The number of carbonyl (C=O) groups excluding carboxylic acids is 2. The Hall–Kier alpha value is -1.56. The van der Waals surface area contributed by atoms with Gasteiger partial charge in [-0.2, -0.15) is 0 Å². The van der Waals surface area contributed by atoms with Gasteiger partial charge in [0.15, 0.2) is 5.41 Å². The number of ether oxygens (including phenoxy) is 2. The maximum absolute atomic E-state index is 12.7. The van der Waals surface area contributed by atoms with Crippen molar-refractivity contribution in [1.29, 1.82) is 0 Å². The summed E-state index contributed by atoms with van der Waals surface area (Å²) < 4.78 is 17.1. The highest BCUT2D eigenvalue weighted by atomic mass is 28.4. The van der Waals surface area contributed by atoms with Crippen LogP contribution in [0.4, 0.5) is 0 Å². The van der Waals surface area contributed by atoms with E-state index in [9.17, 15) is 9.59 Å². The number of hydrogen-bond donors (Lipinski definition) is 0. The van der Waals surface area contributed by atoms with Crippen LogP contribution in [0.25, 0.3) is 0 Å². The topological polar surface area (TPSA) is 61.8 Å². The second kappa shape index (κ2) is 5.97. The van der Waals surface area contributed by atoms with Crippen LogP contribution in [0.1, 0.15) is 34.1 Å². The number of fused-ring (bicyclic) bond motifs is 1. The van der Waals surface area contributed by atoms with E-state index in [4.69, 9.17) is 13.9 Å². The van der Waals surface area contributed by atoms with Gasteiger partial charge in [0.1, 0.15) is 6.10 Å². The third-order valence-electron chi connectivity index (χ3n) is 6.71. The molecule has 26 heavy (non-hydrogen) atoms. The number of methoxy groups -OCH3 is 1. The van der Waals surface area contributed by atoms with Crippen molar-refractivity contribution in [2.75, 3.05) is 7.11 Å². The molecule has 5 nitrogen and oxygen atoms in total. The fraction of sp³-hybridized carbons (Fsp3) is 0.700. The normalized spacial score (nSPS) is 36.1. The van der Waals surface area contributed by atoms with Gasteiger partial charge in [0, 0.05) is 18.3 Å². The van der Waals surface area contributed by atoms with Crippen LogP contribution in [0.2, 0.25) is 18.1 Å². The lowest BCUT2D eigenvalue weighted by Crippen LogP contribution is -2.61. The molecule has 4 rings (SSSR count). The van der Waals surface area contributed by atoms with E-state index >= 15 is 0 Å². The summed E-state index contributed by atoms with van der Waals surface area (Å²) in [5.74, 6) is -0.114. The average Bonchev–Trinajstić information content (AvgIpc) is 2.52. The molecule has 2 heterocycles. The summed E-state index contributed by atoms with van der Waals surface area (Å²) in [4.78, 5) is 25.3. The molecule has 2 unspecified atom stereocenters. The van der Waals surface area contributed by atoms with Crippen molar-refractivity contribution in [3.63, 3.8) is 0 Å². The van der Waals surface area contributed by atoms with Gasteiger partial charge in [-0.3, -0.25) is 9.59 Å². The fourth-order valence-electron chi connectivity index (χ4n) is 4.19. The maximum atomic E-state index is 12.7. The minimum absolute atomic E-state index is 0.0727. The molecule has 0 N–H and O–H groups in total. The lowest BCUT2D eigenvalue weighted by Gasteiger charge is -2.52. The van der Waals surface area contributed by atoms with Gasteiger partial charge in [-0.15, -0.1) is 0 Å². The number of esters is 2. The van der Waals surface area contributed by atoms with Gasteiger partial charge >= 0.3 is 11.9 Å². The molecule has 0 radical (unpaired) electrons. The summed E-state index contributed by atoms with van der Waals surface area (Å²) in [7, 11) is -0.679. The van der Waals surface area contributed by atoms with Gasteiger partial charge in [-0.25, -0.2) is 0 Å². The molecule has 0 aromatic carbocycles. The molecule has 6 heteroatoms. The second-order valence-electron chi connectivity index (χ2n) is 9.37. The zero-order valence-corrected chi connectivity index (χ0v) is 17.8. The van der Waals surface area contributed by atoms with E-state index in [1.807, 2.05) is 12.2 Å². The van der Waals surface area contributed by atoms with Gasteiger partial charge in [-0.05, 0) is 36.2 Å². The van der Waals surface area contributed by atoms with Gasteiger partial charge in [-0.1, -0.05) is 33.8 Å². The third kappa shape index (κ3) is 2.64. The van der Waals surface area contributed by atoms with Crippen LogP contribution in [0.5, 0.6) is 0 Å². The summed E-state index contributed by atoms with van der Waals surface area (Å²) in [6.45, 7) is 13.2. The van der Waals surface area contributed by atoms with Gasteiger partial charge in [0.25, 0.3) is 0 Å². The Balaban J connectivity index is 2.03. The highest BCUT2D eigenvalue weighted by molar-refractivity contribution is 6.74. The predicted octanol–water partition coefficient (Wildman–Crippen LogP) is 3.82. The van der Waals surface area contributed by atoms with E-state index in [0.717, 1.165) is 12.2 Å². The largest absolute Gasteiger partial charge is 0.547 e. The Morgan fingerprint density at radius 3 is 2.54 bits per heavy atom. The highest BCUT2D eigenvalue weighted by Crippen LogP contribution is 2.55. The molecule has 1 saturated heterocycles. The Bertz CT molecular complexity index is 687. The first-order valence-corrected chi connectivity index (χ1v) is 12.2. The minimum Gasteiger partial charge on any atom is -0.547 e. The van der Waals surface area contributed by atoms with Crippen molar-refractivity contribution in [1.82, 2.24) is 0 Å². The standard InChI is InChI=1S/C20H30O5Si/c1-12-10-13(25-26(6,7)19(2,3)4)11-14-16(12)15-8-9-20(14,17(21)23-5)18(22)24-15/h8-9,11-12,14-16H,10H2,1-7H3/t12-,14+,15?,16-,20?/m0/s1. The number of hydrogen-bond acceptors (Lipinski definition) is 5. The molecule has 0 aromatic rings. The van der Waals surface area contributed by atoms with Crippen molar-refractivity contribution in [3.05, 3.63) is 24.0 Å². The average molecular weight is 379 g/mol. The first-order chi connectivity index (χ1) is 11.9. The number of rotatable bonds is 3. The van der Waals surface area contributed by atoms with Crippen molar-refractivity contribution in [3.8, 4) is 0 Å². The van der Waals surface area contributed by atoms with E-state index in [-0.39, 0.29) is 28.9 Å². The summed E-state index contributed by atoms with van der Waals surface area (Å²) in [5.41, 5.74) is -1.38. The molecule has 1 fully saturated rings. The summed E-state index contributed by atoms with van der Waals surface area (Å²) in [5, 5.41) is 0.0817. The summed E-state index contributed by atoms with van der Waals surface area (Å²) in [6.07, 6.45) is 6.07. The van der Waals surface area contributed by atoms with E-state index in [1.54, 1.807) is 6.08 Å². The van der Waals surface area contributed by atoms with Crippen LogP contribution in [-0.2, 0) is 23.5 Å². The monoisotopic (exact) mass is 378 g/mol. The van der Waals surface area contributed by atoms with Crippen molar-refractivity contribution in [2.24, 2.45) is 23.2 Å². The second-order valence-corrected chi connectivity index (χ2v) is 14.1. The molecular weight excluding hydrogens is 348 g/mol. The lowest BCUT2D eigenvalue weighted by molar-refractivity contribution is -0.191. The molecule has 0 saturated carbocycles. The van der Waals surface area contributed by atoms with E-state index in [0.29, 0.717) is 0 Å². The Morgan fingerprint density at radius 2 is 2.00 bits per heavy atom. The van der Waals surface area contributed by atoms with E-state index in [2.05, 4.69) is 40.8 Å². The number of carbonyl (C=O) groups is 2. The van der Waals surface area contributed by atoms with Gasteiger partial charge < -0.3 is 13.9 Å². The first-order valence-electron chi connectivity index (χ1n) is 9.32. The van der Waals surface area contributed by atoms with Crippen molar-refractivity contribution < 1.29 is 23.5 Å². The fourth-order valence-corrected chi connectivity index (χ4v) is 5.30. The quantitative estimate of drug-likeness (QED) is 0.323. The molecule has 0 spiro atoms. The minimum atomic E-state index is -1.99. The Labute approximate surface area is 156 Å². The molecule has 5 atom stereocenters. The molecule has 144 valence electrons. The lowest BCUT2D eigenvalue weighted by atomic mass is 9.56. The van der Waals surface area contributed by atoms with Crippen LogP contribution >= 0.6 is 0 Å². The van der Waals surface area contributed by atoms with Crippen molar-refractivity contribution >= 4 is 20.3 Å². The van der Waals surface area contributed by atoms with E-state index in [1.165, 1.54) is 7.11 Å². The summed E-state index contributed by atoms with van der Waals surface area (Å²) >= 11 is 0. The zero-order chi connectivity index (χ0) is 19.5. The summed E-state index contributed by atoms with van der Waals surface area (Å²) in [6, 6.07) is 0. The van der Waals surface area contributed by atoms with Crippen LogP contribution in [0, 0.1) is 23.2 Å². The zero-order valence-electron chi connectivity index (χ0n) is 16.8. The highest BCUT2D eigenvalue weighted by Gasteiger charge is 2.64. The maximum Gasteiger partial charge on any atom is 0.328 e. The smallest absolute Gasteiger partial charge is 0.328 e. The molecule has 2 aliphatic heterocycles. The van der Waals surface area contributed by atoms with Gasteiger partial charge in [0.2, 0.25) is 8.32 Å². The molecule has 2 bridgehead atoms. The molecule has 4 aliphatic rings. The van der Waals surface area contributed by atoms with Crippen LogP contribution in [-0.4, -0.2) is 33.5 Å². The molecular formula is C20H30O5Si. The first kappa shape index (κ1) is 19.2. The third-order valence-corrected chi connectivity index (χ3v) is 11.1. The van der Waals surface area contributed by atoms with E-state index < -0.39 is 25.7 Å². The molecule has 2 aliphatic carbocycles. The SMILES string of the molecule is COC(=O)C12C=CC(OC1=O)[C@@H]1[C@H]2C=C(O[Si](C)(C)C(C)(C)C)C[C@@H]1C. The van der Waals surface area contributed by atoms with Crippen LogP contribution in [0.3, 0.4) is 0 Å². The molecule has 0 amide bonds. The van der Waals surface area contributed by atoms with Gasteiger partial charge in [0.05, 0.1) is 12.9 Å². The predicted molar refractivity (Wildman–Crippen MR) is 101 cm³/mol.